The van der Waals surface area contributed by atoms with Crippen molar-refractivity contribution < 1.29 is 14.3 Å². The van der Waals surface area contributed by atoms with Gasteiger partial charge in [-0.15, -0.1) is 0 Å². The molecule has 2 unspecified atom stereocenters. The van der Waals surface area contributed by atoms with E-state index >= 15 is 0 Å². The van der Waals surface area contributed by atoms with Gasteiger partial charge in [0.25, 0.3) is 0 Å². The molecule has 0 radical (unpaired) electrons. The third kappa shape index (κ3) is 4.38. The van der Waals surface area contributed by atoms with E-state index < -0.39 is 0 Å². The van der Waals surface area contributed by atoms with Crippen LogP contribution in [0, 0.1) is 11.8 Å². The van der Waals surface area contributed by atoms with Gasteiger partial charge in [-0.05, 0) is 36.3 Å². The summed E-state index contributed by atoms with van der Waals surface area (Å²) in [4.78, 5) is 26.7. The van der Waals surface area contributed by atoms with Crippen molar-refractivity contribution in [3.05, 3.63) is 59.7 Å². The van der Waals surface area contributed by atoms with Crippen molar-refractivity contribution in [3.8, 4) is 0 Å². The van der Waals surface area contributed by atoms with E-state index in [1.54, 1.807) is 0 Å². The van der Waals surface area contributed by atoms with Gasteiger partial charge in [0, 0.05) is 19.0 Å². The second-order valence-corrected chi connectivity index (χ2v) is 6.81. The highest BCUT2D eigenvalue weighted by atomic mass is 16.5. The van der Waals surface area contributed by atoms with Crippen molar-refractivity contribution >= 4 is 11.9 Å². The quantitative estimate of drug-likeness (QED) is 0.774. The third-order valence-electron chi connectivity index (χ3n) is 5.15. The Morgan fingerprint density at radius 3 is 2.84 bits per heavy atom. The number of hydrogen-bond acceptors (Lipinski definition) is 3. The molecule has 1 aromatic rings. The summed E-state index contributed by atoms with van der Waals surface area (Å²) in [6, 6.07) is 10.2. The number of likely N-dealkylation sites (tertiary alicyclic amines) is 1. The molecule has 1 fully saturated rings. The Balaban J connectivity index is 1.76. The molecule has 1 aromatic carbocycles. The second kappa shape index (κ2) is 8.15. The molecule has 4 nitrogen and oxygen atoms in total. The Labute approximate surface area is 149 Å². The van der Waals surface area contributed by atoms with E-state index in [1.165, 1.54) is 18.2 Å². The number of methoxy groups -OCH3 is 1. The minimum Gasteiger partial charge on any atom is -0.469 e. The first kappa shape index (κ1) is 17.5. The third-order valence-corrected chi connectivity index (χ3v) is 5.15. The van der Waals surface area contributed by atoms with Crippen molar-refractivity contribution in [2.45, 2.75) is 25.7 Å². The Morgan fingerprint density at radius 2 is 2.08 bits per heavy atom. The van der Waals surface area contributed by atoms with E-state index in [9.17, 15) is 9.59 Å². The summed E-state index contributed by atoms with van der Waals surface area (Å²) < 4.78 is 4.80. The summed E-state index contributed by atoms with van der Waals surface area (Å²) in [6.07, 6.45) is 9.03. The van der Waals surface area contributed by atoms with Crippen molar-refractivity contribution in [2.24, 2.45) is 11.8 Å². The minimum absolute atomic E-state index is 0.0802. The highest BCUT2D eigenvalue weighted by molar-refractivity contribution is 5.84. The summed E-state index contributed by atoms with van der Waals surface area (Å²) in [6.45, 7) is 1.34. The van der Waals surface area contributed by atoms with Gasteiger partial charge >= 0.3 is 5.97 Å². The number of allylic oxidation sites excluding steroid dienone is 3. The molecular formula is C21H25NO3. The van der Waals surface area contributed by atoms with E-state index in [2.05, 4.69) is 30.4 Å². The van der Waals surface area contributed by atoms with Crippen molar-refractivity contribution in [1.82, 2.24) is 4.90 Å². The first-order valence-electron chi connectivity index (χ1n) is 8.92. The van der Waals surface area contributed by atoms with Crippen LogP contribution in [0.3, 0.4) is 0 Å². The number of ether oxygens (including phenoxy) is 1. The lowest BCUT2D eigenvalue weighted by molar-refractivity contribution is -0.146. The summed E-state index contributed by atoms with van der Waals surface area (Å²) in [5, 5.41) is 0. The Kier molecular flexibility index (Phi) is 5.69. The van der Waals surface area contributed by atoms with Crippen LogP contribution in [0.1, 0.15) is 24.8 Å². The monoisotopic (exact) mass is 339 g/mol. The molecule has 1 aliphatic heterocycles. The van der Waals surface area contributed by atoms with Gasteiger partial charge in [0.2, 0.25) is 5.91 Å². The molecular weight excluding hydrogens is 314 g/mol. The molecule has 25 heavy (non-hydrogen) atoms. The molecule has 2 atom stereocenters. The van der Waals surface area contributed by atoms with Crippen molar-refractivity contribution in [1.29, 1.82) is 0 Å². The molecule has 2 aliphatic rings. The van der Waals surface area contributed by atoms with Gasteiger partial charge in [0.1, 0.15) is 0 Å². The second-order valence-electron chi connectivity index (χ2n) is 6.81. The maximum Gasteiger partial charge on any atom is 0.306 e. The number of hydrogen-bond donors (Lipinski definition) is 0. The molecule has 132 valence electrons. The molecule has 0 spiro atoms. The molecule has 0 aromatic heterocycles. The summed E-state index contributed by atoms with van der Waals surface area (Å²) in [7, 11) is 1.38. The standard InChI is InChI=1S/C21H25NO3/c1-25-20(23)14-19-13-17-9-5-6-10-18(17)15-22(21(19)24)12-11-16-7-3-2-4-8-16/h2-8,10,17,19H,9,11-15H2,1H3. The highest BCUT2D eigenvalue weighted by Crippen LogP contribution is 2.33. The van der Waals surface area contributed by atoms with E-state index in [0.29, 0.717) is 19.0 Å². The molecule has 0 saturated carbocycles. The van der Waals surface area contributed by atoms with Crippen LogP contribution in [0.2, 0.25) is 0 Å². The summed E-state index contributed by atoms with van der Waals surface area (Å²) >= 11 is 0. The average molecular weight is 339 g/mol. The lowest BCUT2D eigenvalue weighted by Gasteiger charge is -2.24. The molecule has 0 bridgehead atoms. The van der Waals surface area contributed by atoms with E-state index in [1.807, 2.05) is 23.1 Å². The molecule has 4 heteroatoms. The van der Waals surface area contributed by atoms with Gasteiger partial charge < -0.3 is 9.64 Å². The Morgan fingerprint density at radius 1 is 1.28 bits per heavy atom. The summed E-state index contributed by atoms with van der Waals surface area (Å²) in [5.74, 6) is -0.160. The number of fused-ring (bicyclic) bond motifs is 1. The smallest absolute Gasteiger partial charge is 0.306 e. The van der Waals surface area contributed by atoms with E-state index in [4.69, 9.17) is 4.74 Å². The van der Waals surface area contributed by atoms with Crippen LogP contribution in [-0.4, -0.2) is 37.0 Å². The van der Waals surface area contributed by atoms with Crippen LogP contribution in [0.15, 0.2) is 54.1 Å². The number of benzene rings is 1. The normalized spacial score (nSPS) is 22.8. The number of rotatable bonds is 5. The maximum absolute atomic E-state index is 13.0. The summed E-state index contributed by atoms with van der Waals surface area (Å²) in [5.41, 5.74) is 2.52. The van der Waals surface area contributed by atoms with Gasteiger partial charge in [0.05, 0.1) is 13.5 Å². The van der Waals surface area contributed by atoms with Crippen LogP contribution < -0.4 is 0 Å². The lowest BCUT2D eigenvalue weighted by Crippen LogP contribution is -2.37. The number of amides is 1. The SMILES string of the molecule is COC(=O)CC1CC2CC=CC=C2CN(CCc2ccccc2)C1=O. The number of esters is 1. The number of carbonyl (C=O) groups is 2. The molecule has 3 rings (SSSR count). The Bertz CT molecular complexity index is 678. The average Bonchev–Trinajstić information content (AvgIpc) is 2.78. The Hall–Kier alpha value is -2.36. The van der Waals surface area contributed by atoms with Gasteiger partial charge in [-0.1, -0.05) is 48.6 Å². The first-order chi connectivity index (χ1) is 12.2. The predicted molar refractivity (Wildman–Crippen MR) is 96.8 cm³/mol. The van der Waals surface area contributed by atoms with Gasteiger partial charge in [0.15, 0.2) is 0 Å². The van der Waals surface area contributed by atoms with Crippen LogP contribution in [0.5, 0.6) is 0 Å². The zero-order chi connectivity index (χ0) is 17.6. The number of nitrogens with zero attached hydrogens (tertiary/aromatic N) is 1. The van der Waals surface area contributed by atoms with Crippen LogP contribution in [0.4, 0.5) is 0 Å². The minimum atomic E-state index is -0.305. The number of carbonyl (C=O) groups excluding carboxylic acids is 2. The molecule has 1 amide bonds. The zero-order valence-electron chi connectivity index (χ0n) is 14.7. The van der Waals surface area contributed by atoms with Crippen molar-refractivity contribution in [2.75, 3.05) is 20.2 Å². The largest absolute Gasteiger partial charge is 0.469 e. The van der Waals surface area contributed by atoms with Crippen LogP contribution in [0.25, 0.3) is 0 Å². The topological polar surface area (TPSA) is 46.6 Å². The predicted octanol–water partition coefficient (Wildman–Crippen LogP) is 3.14. The van der Waals surface area contributed by atoms with Gasteiger partial charge in [-0.2, -0.15) is 0 Å². The van der Waals surface area contributed by atoms with Crippen molar-refractivity contribution in [3.63, 3.8) is 0 Å². The van der Waals surface area contributed by atoms with Gasteiger partial charge in [-0.3, -0.25) is 9.59 Å². The van der Waals surface area contributed by atoms with E-state index in [0.717, 1.165) is 19.3 Å². The molecule has 1 saturated heterocycles. The van der Waals surface area contributed by atoms with Crippen LogP contribution >= 0.6 is 0 Å². The fourth-order valence-electron chi connectivity index (χ4n) is 3.71. The maximum atomic E-state index is 13.0. The first-order valence-corrected chi connectivity index (χ1v) is 8.92. The molecule has 0 N–H and O–H groups in total. The fraction of sp³-hybridized carbons (Fsp3) is 0.429. The fourth-order valence-corrected chi connectivity index (χ4v) is 3.71. The molecule has 1 aliphatic carbocycles. The highest BCUT2D eigenvalue weighted by Gasteiger charge is 2.35. The lowest BCUT2D eigenvalue weighted by atomic mass is 9.84. The zero-order valence-corrected chi connectivity index (χ0v) is 14.7. The van der Waals surface area contributed by atoms with E-state index in [-0.39, 0.29) is 24.2 Å². The van der Waals surface area contributed by atoms with Crippen LogP contribution in [-0.2, 0) is 20.7 Å². The van der Waals surface area contributed by atoms with Gasteiger partial charge in [-0.25, -0.2) is 0 Å². The molecule has 1 heterocycles.